The molecule has 0 spiro atoms. The van der Waals surface area contributed by atoms with Gasteiger partial charge in [0.1, 0.15) is 0 Å². The van der Waals surface area contributed by atoms with Gasteiger partial charge in [-0.1, -0.05) is 0 Å². The predicted octanol–water partition coefficient (Wildman–Crippen LogP) is 3.33. The number of carbonyl (C=O) groups is 7. The molecule has 0 unspecified atom stereocenters. The third-order valence-electron chi connectivity index (χ3n) is 9.87. The number of aliphatic hydroxyl groups is 2. The van der Waals surface area contributed by atoms with Gasteiger partial charge < -0.3 is 55.9 Å². The maximum absolute atomic E-state index is 12.3. The predicted molar refractivity (Wildman–Crippen MR) is 208 cm³/mol. The van der Waals surface area contributed by atoms with Crippen LogP contribution in [0.5, 0.6) is 0 Å². The molecule has 3 aromatic rings. The molecule has 0 atom stereocenters. The van der Waals surface area contributed by atoms with Gasteiger partial charge in [-0.15, -0.1) is 0 Å². The fraction of sp³-hybridized carbons (Fsp3) is 0.325. The quantitative estimate of drug-likeness (QED) is 0.0727. The molecule has 3 aromatic heterocycles. The highest BCUT2D eigenvalue weighted by molar-refractivity contribution is 6.02. The first-order valence-electron chi connectivity index (χ1n) is 18.4. The Labute approximate surface area is 337 Å². The van der Waals surface area contributed by atoms with Crippen LogP contribution in [0.1, 0.15) is 96.4 Å². The van der Waals surface area contributed by atoms with Gasteiger partial charge in [0.05, 0.1) is 42.0 Å². The minimum atomic E-state index is -1.98. The summed E-state index contributed by atoms with van der Waals surface area (Å²) in [6.07, 6.45) is -7.35. The summed E-state index contributed by atoms with van der Waals surface area (Å²) in [5.41, 5.74) is 1.55. The topological polar surface area (TPSA) is 359 Å². The van der Waals surface area contributed by atoms with Crippen LogP contribution in [0.25, 0.3) is 44.4 Å². The normalized spacial score (nSPS) is 12.6. The minimum Gasteiger partial charge on any atom is -0.481 e. The van der Waals surface area contributed by atoms with Crippen molar-refractivity contribution in [3.05, 3.63) is 69.3 Å². The van der Waals surface area contributed by atoms with E-state index in [0.717, 1.165) is 0 Å². The Hall–Kier alpha value is -7.19. The highest BCUT2D eigenvalue weighted by Gasteiger charge is 2.28. The Morgan fingerprint density at radius 2 is 0.767 bits per heavy atom. The van der Waals surface area contributed by atoms with Crippen LogP contribution in [0.2, 0.25) is 0 Å². The van der Waals surface area contributed by atoms with Gasteiger partial charge in [0.2, 0.25) is 0 Å². The Balaban J connectivity index is 2.09. The highest BCUT2D eigenvalue weighted by Crippen LogP contribution is 2.40. The molecule has 0 fully saturated rings. The first kappa shape index (κ1) is 43.9. The van der Waals surface area contributed by atoms with Gasteiger partial charge in [-0.05, 0) is 94.5 Å². The molecule has 316 valence electrons. The number of rotatable bonds is 20. The molecule has 20 nitrogen and oxygen atoms in total. The molecule has 5 rings (SSSR count). The van der Waals surface area contributed by atoms with Crippen LogP contribution < -0.4 is 0 Å². The second-order valence-corrected chi connectivity index (χ2v) is 14.0. The van der Waals surface area contributed by atoms with Crippen LogP contribution in [-0.2, 0) is 59.2 Å². The van der Waals surface area contributed by atoms with Crippen molar-refractivity contribution in [2.24, 2.45) is 0 Å². The zero-order valence-electron chi connectivity index (χ0n) is 31.6. The van der Waals surface area contributed by atoms with Crippen molar-refractivity contribution in [3.8, 4) is 0 Å². The molecule has 5 heterocycles. The Morgan fingerprint density at radius 1 is 0.417 bits per heavy atom. The van der Waals surface area contributed by atoms with Crippen molar-refractivity contribution in [2.45, 2.75) is 83.3 Å². The van der Waals surface area contributed by atoms with E-state index in [1.807, 2.05) is 0 Å². The fourth-order valence-electron chi connectivity index (χ4n) is 7.43. The van der Waals surface area contributed by atoms with Crippen molar-refractivity contribution in [1.29, 1.82) is 0 Å². The SMILES string of the molecule is O=C(O)CCC1=C(CC(=O)O)c2cc3nc(cc4[nH]c(cc5[nH]c(cc1n2)c(CC(=O)O)c5CCC(=O)O)c(CC(O)O)c4CCC(=O)O)C(CC(=O)O)=C3CCC(=O)O. The molecule has 2 aliphatic heterocycles. The van der Waals surface area contributed by atoms with E-state index in [-0.39, 0.29) is 115 Å². The number of nitrogens with one attached hydrogen (secondary N) is 2. The number of aromatic nitrogens is 4. The first-order valence-corrected chi connectivity index (χ1v) is 18.4. The lowest BCUT2D eigenvalue weighted by Gasteiger charge is -2.07. The zero-order chi connectivity index (χ0) is 44.0. The molecule has 0 saturated heterocycles. The monoisotopic (exact) mass is 832 g/mol. The van der Waals surface area contributed by atoms with E-state index in [0.29, 0.717) is 0 Å². The summed E-state index contributed by atoms with van der Waals surface area (Å²) in [5, 5.41) is 89.1. The Morgan fingerprint density at radius 3 is 1.20 bits per heavy atom. The smallest absolute Gasteiger partial charge is 0.307 e. The van der Waals surface area contributed by atoms with Crippen LogP contribution in [0.15, 0.2) is 24.3 Å². The van der Waals surface area contributed by atoms with Crippen molar-refractivity contribution in [1.82, 2.24) is 19.9 Å². The number of nitrogens with zero attached hydrogens (tertiary/aromatic N) is 2. The van der Waals surface area contributed by atoms with E-state index in [1.54, 1.807) is 0 Å². The standard InChI is InChI=1S/C40H40N4O16/c45-33(46)5-1-17-21(9-37(53)54)29-14-26-19(3-7-35(49)50)23(11-39(57)58)31(43-26)16-28-20(4-8-36(51)52)24(12-40(59)60)32(44-28)15-27-18(2-6-34(47)48)22(10-38(55)56)30(42-27)13-25(17)41-29/h13-16,37,41,43,53-54H,1-12H2,(H,45,46)(H,47,48)(H,49,50)(H,51,52)(H,55,56)(H,57,58)(H,59,60). The summed E-state index contributed by atoms with van der Waals surface area (Å²) in [6.45, 7) is 0. The van der Waals surface area contributed by atoms with E-state index >= 15 is 0 Å². The van der Waals surface area contributed by atoms with Crippen molar-refractivity contribution >= 4 is 86.1 Å². The van der Waals surface area contributed by atoms with E-state index in [1.165, 1.54) is 24.3 Å². The molecule has 0 amide bonds. The lowest BCUT2D eigenvalue weighted by molar-refractivity contribution is -0.138. The lowest BCUT2D eigenvalue weighted by atomic mass is 9.95. The number of hydrogen-bond donors (Lipinski definition) is 11. The zero-order valence-corrected chi connectivity index (χ0v) is 31.6. The van der Waals surface area contributed by atoms with Crippen molar-refractivity contribution in [2.75, 3.05) is 0 Å². The summed E-state index contributed by atoms with van der Waals surface area (Å²) < 4.78 is 0. The van der Waals surface area contributed by atoms with E-state index in [9.17, 15) is 79.5 Å². The van der Waals surface area contributed by atoms with Gasteiger partial charge in [-0.3, -0.25) is 33.6 Å². The second-order valence-electron chi connectivity index (χ2n) is 14.0. The first-order chi connectivity index (χ1) is 28.3. The molecule has 0 radical (unpaired) electrons. The molecule has 0 aromatic carbocycles. The number of aryl methyl sites for hydroxylation is 2. The number of aliphatic hydroxyl groups excluding tert-OH is 1. The molecule has 20 heteroatoms. The molecule has 8 bridgehead atoms. The van der Waals surface area contributed by atoms with Crippen molar-refractivity contribution < 1.29 is 79.5 Å². The number of aromatic amines is 2. The van der Waals surface area contributed by atoms with Crippen LogP contribution in [-0.4, -0.2) is 114 Å². The molecule has 11 N–H and O–H groups in total. The number of carboxylic acid groups (broad SMARTS) is 7. The summed E-state index contributed by atoms with van der Waals surface area (Å²) in [7, 11) is 0. The van der Waals surface area contributed by atoms with Gasteiger partial charge in [0.15, 0.2) is 6.29 Å². The summed E-state index contributed by atoms with van der Waals surface area (Å²) in [4.78, 5) is 99.8. The van der Waals surface area contributed by atoms with Gasteiger partial charge >= 0.3 is 41.8 Å². The lowest BCUT2D eigenvalue weighted by Crippen LogP contribution is -2.10. The van der Waals surface area contributed by atoms with Gasteiger partial charge in [0, 0.05) is 54.2 Å². The number of carboxylic acids is 7. The van der Waals surface area contributed by atoms with Gasteiger partial charge in [-0.25, -0.2) is 9.97 Å². The highest BCUT2D eigenvalue weighted by atomic mass is 16.5. The van der Waals surface area contributed by atoms with Gasteiger partial charge in [0.25, 0.3) is 0 Å². The second kappa shape index (κ2) is 18.6. The third kappa shape index (κ3) is 10.6. The Kier molecular flexibility index (Phi) is 13.6. The van der Waals surface area contributed by atoms with Crippen LogP contribution in [0.3, 0.4) is 0 Å². The molecule has 0 saturated carbocycles. The number of hydrogen-bond acceptors (Lipinski definition) is 11. The molecule has 2 aliphatic rings. The summed E-state index contributed by atoms with van der Waals surface area (Å²) in [6, 6.07) is 5.49. The summed E-state index contributed by atoms with van der Waals surface area (Å²) >= 11 is 0. The Bertz CT molecular complexity index is 2540. The van der Waals surface area contributed by atoms with Crippen LogP contribution >= 0.6 is 0 Å². The minimum absolute atomic E-state index is 0.00701. The number of H-pyrrole nitrogens is 2. The molecular formula is C40H40N4O16. The molecule has 60 heavy (non-hydrogen) atoms. The van der Waals surface area contributed by atoms with E-state index in [4.69, 9.17) is 0 Å². The number of fused-ring (bicyclic) bond motifs is 8. The van der Waals surface area contributed by atoms with Crippen LogP contribution in [0.4, 0.5) is 0 Å². The molecule has 0 aliphatic carbocycles. The van der Waals surface area contributed by atoms with Crippen molar-refractivity contribution in [3.63, 3.8) is 0 Å². The number of allylic oxidation sites excluding steroid dienone is 2. The maximum Gasteiger partial charge on any atom is 0.307 e. The van der Waals surface area contributed by atoms with Gasteiger partial charge in [-0.2, -0.15) is 0 Å². The third-order valence-corrected chi connectivity index (χ3v) is 9.87. The molecular weight excluding hydrogens is 792 g/mol. The van der Waals surface area contributed by atoms with E-state index < -0.39 is 99.4 Å². The maximum atomic E-state index is 12.3. The largest absolute Gasteiger partial charge is 0.481 e. The summed E-state index contributed by atoms with van der Waals surface area (Å²) in [5.74, 6) is -8.91. The average molecular weight is 833 g/mol. The fourth-order valence-corrected chi connectivity index (χ4v) is 7.43. The average Bonchev–Trinajstić information content (AvgIpc) is 3.81. The number of aliphatic carboxylic acids is 7. The van der Waals surface area contributed by atoms with Crippen LogP contribution in [0, 0.1) is 0 Å². The van der Waals surface area contributed by atoms with E-state index in [2.05, 4.69) is 19.9 Å².